The summed E-state index contributed by atoms with van der Waals surface area (Å²) in [5.41, 5.74) is 0.442. The molecule has 0 spiro atoms. The molecule has 0 saturated heterocycles. The van der Waals surface area contributed by atoms with Gasteiger partial charge in [-0.2, -0.15) is 10.4 Å². The molecule has 2 rings (SSSR count). The Labute approximate surface area is 139 Å². The van der Waals surface area contributed by atoms with Gasteiger partial charge >= 0.3 is 11.9 Å². The fourth-order valence-electron chi connectivity index (χ4n) is 2.22. The first-order valence-corrected chi connectivity index (χ1v) is 7.55. The standard InChI is InChI=1S/C17H19N3O4/c1-5-23-16(22)11-6-7-14-12(8-11)13(9-18)19-20(14)10-15(21)24-17(2,3)4/h6-8H,5,10H2,1-4H3. The van der Waals surface area contributed by atoms with Crippen molar-refractivity contribution >= 4 is 22.8 Å². The zero-order valence-electron chi connectivity index (χ0n) is 14.1. The number of rotatable bonds is 4. The average Bonchev–Trinajstić information content (AvgIpc) is 2.82. The van der Waals surface area contributed by atoms with Crippen molar-refractivity contribution in [1.29, 1.82) is 5.26 Å². The van der Waals surface area contributed by atoms with Crippen LogP contribution in [-0.4, -0.2) is 33.9 Å². The third-order valence-corrected chi connectivity index (χ3v) is 3.07. The van der Waals surface area contributed by atoms with Crippen molar-refractivity contribution < 1.29 is 19.1 Å². The predicted octanol–water partition coefficient (Wildman–Crippen LogP) is 2.43. The van der Waals surface area contributed by atoms with Crippen LogP contribution in [0, 0.1) is 11.3 Å². The number of hydrogen-bond acceptors (Lipinski definition) is 6. The fraction of sp³-hybridized carbons (Fsp3) is 0.412. The number of carbonyl (C=O) groups excluding carboxylic acids is 2. The monoisotopic (exact) mass is 329 g/mol. The van der Waals surface area contributed by atoms with Crippen LogP contribution in [0.15, 0.2) is 18.2 Å². The Morgan fingerprint density at radius 2 is 2.04 bits per heavy atom. The number of nitriles is 1. The van der Waals surface area contributed by atoms with E-state index in [9.17, 15) is 14.9 Å². The quantitative estimate of drug-likeness (QED) is 0.800. The topological polar surface area (TPSA) is 94.2 Å². The summed E-state index contributed by atoms with van der Waals surface area (Å²) < 4.78 is 11.6. The summed E-state index contributed by atoms with van der Waals surface area (Å²) >= 11 is 0. The molecular weight excluding hydrogens is 310 g/mol. The number of benzene rings is 1. The van der Waals surface area contributed by atoms with Crippen molar-refractivity contribution in [2.45, 2.75) is 39.8 Å². The second-order valence-electron chi connectivity index (χ2n) is 6.16. The molecule has 0 aliphatic rings. The van der Waals surface area contributed by atoms with Gasteiger partial charge in [0.15, 0.2) is 5.69 Å². The minimum Gasteiger partial charge on any atom is -0.462 e. The van der Waals surface area contributed by atoms with E-state index in [1.807, 2.05) is 6.07 Å². The number of esters is 2. The van der Waals surface area contributed by atoms with Crippen LogP contribution in [0.2, 0.25) is 0 Å². The summed E-state index contributed by atoms with van der Waals surface area (Å²) in [5, 5.41) is 13.9. The smallest absolute Gasteiger partial charge is 0.338 e. The summed E-state index contributed by atoms with van der Waals surface area (Å²) in [5.74, 6) is -0.922. The highest BCUT2D eigenvalue weighted by atomic mass is 16.6. The van der Waals surface area contributed by atoms with Gasteiger partial charge in [0.05, 0.1) is 17.7 Å². The molecule has 126 valence electrons. The maximum atomic E-state index is 12.0. The van der Waals surface area contributed by atoms with Crippen molar-refractivity contribution in [2.75, 3.05) is 6.61 Å². The first-order valence-electron chi connectivity index (χ1n) is 7.55. The van der Waals surface area contributed by atoms with Crippen LogP contribution in [0.5, 0.6) is 0 Å². The van der Waals surface area contributed by atoms with Crippen LogP contribution in [-0.2, 0) is 20.8 Å². The Hall–Kier alpha value is -2.88. The van der Waals surface area contributed by atoms with Gasteiger partial charge in [-0.05, 0) is 45.9 Å². The van der Waals surface area contributed by atoms with Crippen LogP contribution in [0.3, 0.4) is 0 Å². The van der Waals surface area contributed by atoms with E-state index in [4.69, 9.17) is 9.47 Å². The van der Waals surface area contributed by atoms with Crippen molar-refractivity contribution in [1.82, 2.24) is 9.78 Å². The first kappa shape index (κ1) is 17.5. The van der Waals surface area contributed by atoms with Gasteiger partial charge in [-0.15, -0.1) is 0 Å². The van der Waals surface area contributed by atoms with Crippen molar-refractivity contribution in [2.24, 2.45) is 0 Å². The SMILES string of the molecule is CCOC(=O)c1ccc2c(c1)c(C#N)nn2CC(=O)OC(C)(C)C. The summed E-state index contributed by atoms with van der Waals surface area (Å²) in [6, 6.07) is 6.74. The molecule has 0 radical (unpaired) electrons. The summed E-state index contributed by atoms with van der Waals surface area (Å²) in [4.78, 5) is 23.8. The second kappa shape index (κ2) is 6.71. The fourth-order valence-corrected chi connectivity index (χ4v) is 2.22. The third-order valence-electron chi connectivity index (χ3n) is 3.07. The molecule has 0 unspecified atom stereocenters. The van der Waals surface area contributed by atoms with Crippen LogP contribution in [0.25, 0.3) is 10.9 Å². The van der Waals surface area contributed by atoms with Gasteiger partial charge in [-0.3, -0.25) is 9.48 Å². The molecule has 0 amide bonds. The van der Waals surface area contributed by atoms with E-state index in [1.54, 1.807) is 45.9 Å². The highest BCUT2D eigenvalue weighted by molar-refractivity contribution is 5.96. The maximum absolute atomic E-state index is 12.0. The molecule has 1 aromatic heterocycles. The van der Waals surface area contributed by atoms with Gasteiger partial charge in [0.25, 0.3) is 0 Å². The van der Waals surface area contributed by atoms with Gasteiger partial charge in [-0.1, -0.05) is 0 Å². The predicted molar refractivity (Wildman–Crippen MR) is 86.2 cm³/mol. The molecule has 0 saturated carbocycles. The third kappa shape index (κ3) is 3.90. The minimum atomic E-state index is -0.602. The van der Waals surface area contributed by atoms with E-state index in [0.717, 1.165) is 0 Å². The van der Waals surface area contributed by atoms with Crippen molar-refractivity contribution in [3.8, 4) is 6.07 Å². The lowest BCUT2D eigenvalue weighted by Gasteiger charge is -2.19. The maximum Gasteiger partial charge on any atom is 0.338 e. The molecular formula is C17H19N3O4. The van der Waals surface area contributed by atoms with E-state index in [2.05, 4.69) is 5.10 Å². The van der Waals surface area contributed by atoms with E-state index in [-0.39, 0.29) is 18.8 Å². The molecule has 1 heterocycles. The second-order valence-corrected chi connectivity index (χ2v) is 6.16. The Morgan fingerprint density at radius 1 is 1.33 bits per heavy atom. The van der Waals surface area contributed by atoms with Gasteiger partial charge in [-0.25, -0.2) is 4.79 Å². The van der Waals surface area contributed by atoms with Gasteiger partial charge < -0.3 is 9.47 Å². The molecule has 0 atom stereocenters. The molecule has 0 bridgehead atoms. The number of carbonyl (C=O) groups is 2. The molecule has 0 aliphatic carbocycles. The lowest BCUT2D eigenvalue weighted by Crippen LogP contribution is -2.26. The van der Waals surface area contributed by atoms with E-state index < -0.39 is 17.5 Å². The van der Waals surface area contributed by atoms with E-state index in [1.165, 1.54) is 4.68 Å². The number of hydrogen-bond donors (Lipinski definition) is 0. The van der Waals surface area contributed by atoms with E-state index in [0.29, 0.717) is 16.5 Å². The Bertz CT molecular complexity index is 825. The highest BCUT2D eigenvalue weighted by Gasteiger charge is 2.20. The van der Waals surface area contributed by atoms with Gasteiger partial charge in [0.1, 0.15) is 18.2 Å². The summed E-state index contributed by atoms with van der Waals surface area (Å²) in [6.07, 6.45) is 0. The Kier molecular flexibility index (Phi) is 4.88. The molecule has 0 aliphatic heterocycles. The summed E-state index contributed by atoms with van der Waals surface area (Å²) in [6.45, 7) is 7.19. The van der Waals surface area contributed by atoms with Crippen LogP contribution in [0.1, 0.15) is 43.7 Å². The zero-order chi connectivity index (χ0) is 17.9. The molecule has 0 fully saturated rings. The normalized spacial score (nSPS) is 11.1. The highest BCUT2D eigenvalue weighted by Crippen LogP contribution is 2.21. The van der Waals surface area contributed by atoms with Crippen LogP contribution in [0.4, 0.5) is 0 Å². The van der Waals surface area contributed by atoms with Crippen LogP contribution >= 0.6 is 0 Å². The average molecular weight is 329 g/mol. The molecule has 7 heteroatoms. The molecule has 7 nitrogen and oxygen atoms in total. The summed E-state index contributed by atoms with van der Waals surface area (Å²) in [7, 11) is 0. The number of nitrogens with zero attached hydrogens (tertiary/aromatic N) is 3. The van der Waals surface area contributed by atoms with Crippen molar-refractivity contribution in [3.63, 3.8) is 0 Å². The Morgan fingerprint density at radius 3 is 2.62 bits per heavy atom. The number of ether oxygens (including phenoxy) is 2. The first-order chi connectivity index (χ1) is 11.2. The van der Waals surface area contributed by atoms with Crippen LogP contribution < -0.4 is 0 Å². The number of fused-ring (bicyclic) bond motifs is 1. The minimum absolute atomic E-state index is 0.117. The molecule has 24 heavy (non-hydrogen) atoms. The van der Waals surface area contributed by atoms with E-state index >= 15 is 0 Å². The van der Waals surface area contributed by atoms with Gasteiger partial charge in [0, 0.05) is 5.39 Å². The molecule has 1 aromatic carbocycles. The van der Waals surface area contributed by atoms with Crippen molar-refractivity contribution in [3.05, 3.63) is 29.5 Å². The van der Waals surface area contributed by atoms with Gasteiger partial charge in [0.2, 0.25) is 0 Å². The lowest BCUT2D eigenvalue weighted by atomic mass is 10.1. The zero-order valence-corrected chi connectivity index (χ0v) is 14.1. The molecule has 0 N–H and O–H groups in total. The Balaban J connectivity index is 2.38. The largest absolute Gasteiger partial charge is 0.462 e. The lowest BCUT2D eigenvalue weighted by molar-refractivity contribution is -0.155. The molecule has 2 aromatic rings. The number of aromatic nitrogens is 2.